The van der Waals surface area contributed by atoms with Crippen molar-refractivity contribution in [2.45, 2.75) is 78.2 Å². The summed E-state index contributed by atoms with van der Waals surface area (Å²) in [4.78, 5) is 0. The molecule has 0 aliphatic carbocycles. The number of hydrogen-bond donors (Lipinski definition) is 2. The Balaban J connectivity index is 3.94. The summed E-state index contributed by atoms with van der Waals surface area (Å²) in [5.74, 6) is 0.257. The molecule has 0 aliphatic rings. The first kappa shape index (κ1) is 19.9. The van der Waals surface area contributed by atoms with Gasteiger partial charge in [0.1, 0.15) is 0 Å². The third-order valence-electron chi connectivity index (χ3n) is 3.33. The zero-order chi connectivity index (χ0) is 15.3. The Morgan fingerprint density at radius 2 is 1.60 bits per heavy atom. The SMILES string of the molecule is CCCCC(CCC)NS(=O)(=O)CCCCNCCC. The van der Waals surface area contributed by atoms with Gasteiger partial charge in [0, 0.05) is 6.04 Å². The normalized spacial score (nSPS) is 13.6. The van der Waals surface area contributed by atoms with Crippen molar-refractivity contribution in [3.05, 3.63) is 0 Å². The molecular weight excluding hydrogens is 272 g/mol. The van der Waals surface area contributed by atoms with E-state index in [2.05, 4.69) is 30.8 Å². The van der Waals surface area contributed by atoms with E-state index in [1.54, 1.807) is 0 Å². The molecule has 5 heteroatoms. The molecule has 0 rings (SSSR count). The molecule has 0 radical (unpaired) electrons. The summed E-state index contributed by atoms with van der Waals surface area (Å²) in [7, 11) is -3.10. The average molecular weight is 307 g/mol. The van der Waals surface area contributed by atoms with Crippen molar-refractivity contribution in [3.8, 4) is 0 Å². The number of sulfonamides is 1. The second-order valence-corrected chi connectivity index (χ2v) is 7.40. The van der Waals surface area contributed by atoms with E-state index in [0.29, 0.717) is 0 Å². The van der Waals surface area contributed by atoms with E-state index < -0.39 is 10.0 Å². The lowest BCUT2D eigenvalue weighted by Crippen LogP contribution is -2.36. The Bertz CT molecular complexity index is 305. The van der Waals surface area contributed by atoms with Crippen molar-refractivity contribution in [2.75, 3.05) is 18.8 Å². The van der Waals surface area contributed by atoms with Crippen LogP contribution in [0.1, 0.15) is 72.1 Å². The highest BCUT2D eigenvalue weighted by Gasteiger charge is 2.16. The van der Waals surface area contributed by atoms with Gasteiger partial charge >= 0.3 is 0 Å². The number of rotatable bonds is 14. The van der Waals surface area contributed by atoms with Gasteiger partial charge in [0.05, 0.1) is 5.75 Å². The third-order valence-corrected chi connectivity index (χ3v) is 4.85. The van der Waals surface area contributed by atoms with Gasteiger partial charge in [-0.25, -0.2) is 13.1 Å². The van der Waals surface area contributed by atoms with Crippen LogP contribution < -0.4 is 10.0 Å². The highest BCUT2D eigenvalue weighted by atomic mass is 32.2. The smallest absolute Gasteiger partial charge is 0.211 e. The molecule has 0 fully saturated rings. The van der Waals surface area contributed by atoms with Crippen LogP contribution in [0, 0.1) is 0 Å². The van der Waals surface area contributed by atoms with Crippen LogP contribution in [0.25, 0.3) is 0 Å². The zero-order valence-electron chi connectivity index (χ0n) is 13.6. The van der Waals surface area contributed by atoms with Crippen LogP contribution in [0.3, 0.4) is 0 Å². The summed E-state index contributed by atoms with van der Waals surface area (Å²) in [6.07, 6.45) is 7.92. The molecule has 122 valence electrons. The van der Waals surface area contributed by atoms with Crippen LogP contribution in [0.5, 0.6) is 0 Å². The van der Waals surface area contributed by atoms with E-state index in [-0.39, 0.29) is 11.8 Å². The van der Waals surface area contributed by atoms with E-state index in [4.69, 9.17) is 0 Å². The summed E-state index contributed by atoms with van der Waals surface area (Å²) in [6.45, 7) is 8.30. The molecule has 0 saturated heterocycles. The molecule has 0 aliphatic heterocycles. The van der Waals surface area contributed by atoms with Gasteiger partial charge in [0.2, 0.25) is 10.0 Å². The summed E-state index contributed by atoms with van der Waals surface area (Å²) < 4.78 is 27.0. The third kappa shape index (κ3) is 11.7. The fourth-order valence-electron chi connectivity index (χ4n) is 2.22. The lowest BCUT2D eigenvalue weighted by Gasteiger charge is -2.17. The van der Waals surface area contributed by atoms with Gasteiger partial charge in [-0.2, -0.15) is 0 Å². The first-order valence-electron chi connectivity index (χ1n) is 8.26. The largest absolute Gasteiger partial charge is 0.317 e. The monoisotopic (exact) mass is 306 g/mol. The summed E-state index contributed by atoms with van der Waals surface area (Å²) in [5.41, 5.74) is 0. The van der Waals surface area contributed by atoms with E-state index in [0.717, 1.165) is 64.5 Å². The van der Waals surface area contributed by atoms with E-state index in [1.165, 1.54) is 0 Å². The van der Waals surface area contributed by atoms with Crippen molar-refractivity contribution in [1.82, 2.24) is 10.0 Å². The van der Waals surface area contributed by atoms with Crippen molar-refractivity contribution in [2.24, 2.45) is 0 Å². The molecule has 0 heterocycles. The molecule has 0 saturated carbocycles. The highest BCUT2D eigenvalue weighted by molar-refractivity contribution is 7.89. The van der Waals surface area contributed by atoms with Gasteiger partial charge < -0.3 is 5.32 Å². The zero-order valence-corrected chi connectivity index (χ0v) is 14.4. The molecule has 20 heavy (non-hydrogen) atoms. The van der Waals surface area contributed by atoms with Gasteiger partial charge in [-0.3, -0.25) is 0 Å². The van der Waals surface area contributed by atoms with Crippen LogP contribution in [0.4, 0.5) is 0 Å². The Hall–Kier alpha value is -0.130. The lowest BCUT2D eigenvalue weighted by molar-refractivity contribution is 0.482. The number of nitrogens with one attached hydrogen (secondary N) is 2. The molecule has 0 aromatic heterocycles. The first-order valence-corrected chi connectivity index (χ1v) is 9.91. The van der Waals surface area contributed by atoms with Crippen LogP contribution >= 0.6 is 0 Å². The standard InChI is InChI=1S/C15H34N2O2S/c1-4-7-11-15(10-5-2)17-20(18,19)14-9-8-13-16-12-6-3/h15-17H,4-14H2,1-3H3. The summed E-state index contributed by atoms with van der Waals surface area (Å²) >= 11 is 0. The topological polar surface area (TPSA) is 58.2 Å². The fraction of sp³-hybridized carbons (Fsp3) is 1.00. The Morgan fingerprint density at radius 1 is 0.850 bits per heavy atom. The molecule has 2 N–H and O–H groups in total. The summed E-state index contributed by atoms with van der Waals surface area (Å²) in [5, 5.41) is 3.30. The number of unbranched alkanes of at least 4 members (excludes halogenated alkanes) is 2. The molecule has 0 bridgehead atoms. The maximum absolute atomic E-state index is 12.0. The molecule has 1 atom stereocenters. The van der Waals surface area contributed by atoms with Crippen molar-refractivity contribution in [3.63, 3.8) is 0 Å². The molecule has 0 aromatic rings. The predicted molar refractivity (Wildman–Crippen MR) is 87.5 cm³/mol. The van der Waals surface area contributed by atoms with Crippen LogP contribution in [-0.4, -0.2) is 33.3 Å². The quantitative estimate of drug-likeness (QED) is 0.485. The Labute approximate surface area is 126 Å². The molecule has 0 amide bonds. The van der Waals surface area contributed by atoms with Crippen molar-refractivity contribution < 1.29 is 8.42 Å². The predicted octanol–water partition coefficient (Wildman–Crippen LogP) is 3.04. The Morgan fingerprint density at radius 3 is 2.20 bits per heavy atom. The minimum atomic E-state index is -3.10. The summed E-state index contributed by atoms with van der Waals surface area (Å²) in [6, 6.07) is 0.128. The fourth-order valence-corrected chi connectivity index (χ4v) is 3.66. The van der Waals surface area contributed by atoms with Crippen LogP contribution in [-0.2, 0) is 10.0 Å². The van der Waals surface area contributed by atoms with E-state index in [9.17, 15) is 8.42 Å². The van der Waals surface area contributed by atoms with Crippen molar-refractivity contribution >= 4 is 10.0 Å². The molecule has 1 unspecified atom stereocenters. The van der Waals surface area contributed by atoms with Crippen molar-refractivity contribution in [1.29, 1.82) is 0 Å². The van der Waals surface area contributed by atoms with Crippen LogP contribution in [0.15, 0.2) is 0 Å². The van der Waals surface area contributed by atoms with Gasteiger partial charge in [-0.05, 0) is 45.2 Å². The Kier molecular flexibility index (Phi) is 12.5. The van der Waals surface area contributed by atoms with E-state index in [1.807, 2.05) is 0 Å². The van der Waals surface area contributed by atoms with Gasteiger partial charge in [-0.1, -0.05) is 40.0 Å². The van der Waals surface area contributed by atoms with E-state index >= 15 is 0 Å². The highest BCUT2D eigenvalue weighted by Crippen LogP contribution is 2.09. The van der Waals surface area contributed by atoms with Gasteiger partial charge in [0.15, 0.2) is 0 Å². The maximum atomic E-state index is 12.0. The minimum Gasteiger partial charge on any atom is -0.317 e. The second kappa shape index (κ2) is 12.6. The average Bonchev–Trinajstić information content (AvgIpc) is 2.40. The van der Waals surface area contributed by atoms with Gasteiger partial charge in [0.25, 0.3) is 0 Å². The lowest BCUT2D eigenvalue weighted by atomic mass is 10.1. The van der Waals surface area contributed by atoms with Gasteiger partial charge in [-0.15, -0.1) is 0 Å². The maximum Gasteiger partial charge on any atom is 0.211 e. The first-order chi connectivity index (χ1) is 9.55. The minimum absolute atomic E-state index is 0.128. The molecule has 0 spiro atoms. The molecule has 0 aromatic carbocycles. The van der Waals surface area contributed by atoms with Crippen LogP contribution in [0.2, 0.25) is 0 Å². The number of hydrogen-bond acceptors (Lipinski definition) is 3. The molecule has 4 nitrogen and oxygen atoms in total. The molecular formula is C15H34N2O2S. The second-order valence-electron chi connectivity index (χ2n) is 5.52.